The fraction of sp³-hybridized carbons (Fsp3) is 0.524. The molecule has 154 valence electrons. The predicted molar refractivity (Wildman–Crippen MR) is 122 cm³/mol. The predicted octanol–water partition coefficient (Wildman–Crippen LogP) is 3.56. The lowest BCUT2D eigenvalue weighted by Gasteiger charge is -2.27. The molecule has 1 aliphatic carbocycles. The highest BCUT2D eigenvalue weighted by Gasteiger charge is 2.38. The molecule has 1 saturated heterocycles. The lowest BCUT2D eigenvalue weighted by molar-refractivity contribution is -0.123. The average molecular weight is 431 g/mol. The summed E-state index contributed by atoms with van der Waals surface area (Å²) in [6.07, 6.45) is 6.04. The van der Waals surface area contributed by atoms with Crippen molar-refractivity contribution in [1.29, 1.82) is 5.26 Å². The van der Waals surface area contributed by atoms with Crippen molar-refractivity contribution in [3.8, 4) is 6.07 Å². The van der Waals surface area contributed by atoms with Crippen LogP contribution < -0.4 is 10.5 Å². The minimum absolute atomic E-state index is 0.0656. The first-order valence-electron chi connectivity index (χ1n) is 10.0. The Morgan fingerprint density at radius 2 is 1.90 bits per heavy atom. The van der Waals surface area contributed by atoms with Crippen LogP contribution in [-0.4, -0.2) is 38.8 Å². The molecule has 6 nitrogen and oxygen atoms in total. The molecule has 1 aromatic rings. The molecule has 3 rings (SSSR count). The number of nitrogens with zero attached hydrogens (tertiary/aromatic N) is 4. The zero-order valence-corrected chi connectivity index (χ0v) is 19.0. The smallest absolute Gasteiger partial charge is 0.270 e. The number of hydrogen-bond acceptors (Lipinski definition) is 6. The molecule has 2 aliphatic rings. The molecule has 2 heterocycles. The van der Waals surface area contributed by atoms with Gasteiger partial charge in [-0.25, -0.2) is 0 Å². The van der Waals surface area contributed by atoms with Crippen LogP contribution in [0.3, 0.4) is 0 Å². The van der Waals surface area contributed by atoms with Gasteiger partial charge in [0, 0.05) is 31.7 Å². The molecule has 1 amide bonds. The third-order valence-corrected chi connectivity index (χ3v) is 7.15. The molecule has 1 saturated carbocycles. The van der Waals surface area contributed by atoms with E-state index >= 15 is 0 Å². The van der Waals surface area contributed by atoms with Crippen molar-refractivity contribution in [2.75, 3.05) is 18.0 Å². The first-order valence-corrected chi connectivity index (χ1v) is 11.2. The van der Waals surface area contributed by atoms with Crippen LogP contribution in [-0.2, 0) is 11.8 Å². The van der Waals surface area contributed by atoms with Gasteiger partial charge >= 0.3 is 0 Å². The summed E-state index contributed by atoms with van der Waals surface area (Å²) in [5, 5.41) is 9.53. The number of thioether (sulfide) groups is 1. The van der Waals surface area contributed by atoms with Crippen molar-refractivity contribution < 1.29 is 4.79 Å². The molecule has 0 aromatic carbocycles. The molecule has 0 radical (unpaired) electrons. The summed E-state index contributed by atoms with van der Waals surface area (Å²) >= 11 is 6.83. The van der Waals surface area contributed by atoms with Crippen molar-refractivity contribution in [1.82, 2.24) is 9.47 Å². The lowest BCUT2D eigenvalue weighted by Crippen LogP contribution is -2.36. The van der Waals surface area contributed by atoms with Crippen LogP contribution in [0, 0.1) is 18.3 Å². The maximum Gasteiger partial charge on any atom is 0.270 e. The van der Waals surface area contributed by atoms with Gasteiger partial charge in [0.05, 0.1) is 4.91 Å². The Morgan fingerprint density at radius 1 is 1.28 bits per heavy atom. The molecular formula is C21H26N4O2S2. The number of rotatable bonds is 5. The van der Waals surface area contributed by atoms with E-state index in [0.29, 0.717) is 27.9 Å². The largest absolute Gasteiger partial charge is 0.358 e. The molecule has 0 unspecified atom stereocenters. The van der Waals surface area contributed by atoms with Crippen molar-refractivity contribution in [3.05, 3.63) is 31.9 Å². The number of aromatic nitrogens is 1. The van der Waals surface area contributed by atoms with Crippen LogP contribution in [0.2, 0.25) is 0 Å². The summed E-state index contributed by atoms with van der Waals surface area (Å²) in [4.78, 5) is 30.2. The summed E-state index contributed by atoms with van der Waals surface area (Å²) in [6.45, 7) is 7.23. The van der Waals surface area contributed by atoms with Gasteiger partial charge in [0.2, 0.25) is 0 Å². The summed E-state index contributed by atoms with van der Waals surface area (Å²) in [6, 6.07) is 2.22. The number of nitriles is 1. The highest BCUT2D eigenvalue weighted by molar-refractivity contribution is 8.26. The minimum Gasteiger partial charge on any atom is -0.358 e. The van der Waals surface area contributed by atoms with Gasteiger partial charge in [-0.05, 0) is 45.3 Å². The third kappa shape index (κ3) is 3.74. The standard InChI is InChI=1S/C21H26N4O2S2/c1-5-24(6-2)18-15(13(3)16(12-22)19(26)23(18)4)11-17-20(27)25(21(28)29-17)14-9-7-8-10-14/h11,14H,5-10H2,1-4H3/b17-11-. The van der Waals surface area contributed by atoms with Gasteiger partial charge in [0.15, 0.2) is 0 Å². The second-order valence-electron chi connectivity index (χ2n) is 7.38. The second-order valence-corrected chi connectivity index (χ2v) is 9.05. The Morgan fingerprint density at radius 3 is 2.45 bits per heavy atom. The van der Waals surface area contributed by atoms with Crippen molar-refractivity contribution in [2.45, 2.75) is 52.5 Å². The number of hydrogen-bond donors (Lipinski definition) is 0. The second kappa shape index (κ2) is 8.72. The molecular weight excluding hydrogens is 404 g/mol. The van der Waals surface area contributed by atoms with E-state index < -0.39 is 0 Å². The molecule has 2 fully saturated rings. The Kier molecular flexibility index (Phi) is 6.49. The summed E-state index contributed by atoms with van der Waals surface area (Å²) < 4.78 is 2.11. The molecule has 1 aromatic heterocycles. The molecule has 0 atom stereocenters. The van der Waals surface area contributed by atoms with E-state index in [1.54, 1.807) is 18.9 Å². The summed E-state index contributed by atoms with van der Waals surface area (Å²) in [7, 11) is 1.68. The van der Waals surface area contributed by atoms with Gasteiger partial charge in [-0.15, -0.1) is 0 Å². The van der Waals surface area contributed by atoms with E-state index in [1.807, 2.05) is 26.0 Å². The van der Waals surface area contributed by atoms with Gasteiger partial charge in [0.1, 0.15) is 21.8 Å². The van der Waals surface area contributed by atoms with E-state index in [9.17, 15) is 14.9 Å². The maximum absolute atomic E-state index is 13.1. The van der Waals surface area contributed by atoms with Crippen LogP contribution in [0.4, 0.5) is 5.82 Å². The molecule has 0 spiro atoms. The molecule has 0 N–H and O–H groups in total. The van der Waals surface area contributed by atoms with Crippen LogP contribution >= 0.6 is 24.0 Å². The van der Waals surface area contributed by atoms with Gasteiger partial charge in [-0.2, -0.15) is 5.26 Å². The molecule has 0 bridgehead atoms. The van der Waals surface area contributed by atoms with E-state index in [-0.39, 0.29) is 23.1 Å². The first kappa shape index (κ1) is 21.6. The van der Waals surface area contributed by atoms with E-state index in [0.717, 1.165) is 37.1 Å². The highest BCUT2D eigenvalue weighted by atomic mass is 32.2. The number of pyridine rings is 1. The van der Waals surface area contributed by atoms with Crippen molar-refractivity contribution >= 4 is 46.1 Å². The Labute approximate surface area is 181 Å². The first-order chi connectivity index (χ1) is 13.8. The van der Waals surface area contributed by atoms with Crippen LogP contribution in [0.25, 0.3) is 6.08 Å². The Hall–Kier alpha value is -2.11. The third-order valence-electron chi connectivity index (χ3n) is 5.82. The molecule has 8 heteroatoms. The quantitative estimate of drug-likeness (QED) is 0.526. The molecule has 29 heavy (non-hydrogen) atoms. The van der Waals surface area contributed by atoms with Crippen LogP contribution in [0.15, 0.2) is 9.70 Å². The average Bonchev–Trinajstić information content (AvgIpc) is 3.31. The maximum atomic E-state index is 13.1. The van der Waals surface area contributed by atoms with E-state index in [1.165, 1.54) is 16.3 Å². The fourth-order valence-corrected chi connectivity index (χ4v) is 5.59. The number of carbonyl (C=O) groups is 1. The number of carbonyl (C=O) groups excluding carboxylic acids is 1. The van der Waals surface area contributed by atoms with Gasteiger partial charge in [-0.1, -0.05) is 36.8 Å². The summed E-state index contributed by atoms with van der Waals surface area (Å²) in [5.41, 5.74) is 1.13. The number of amides is 1. The highest BCUT2D eigenvalue weighted by Crippen LogP contribution is 2.39. The monoisotopic (exact) mass is 430 g/mol. The minimum atomic E-state index is -0.317. The topological polar surface area (TPSA) is 69.3 Å². The van der Waals surface area contributed by atoms with Crippen LogP contribution in [0.5, 0.6) is 0 Å². The number of anilines is 1. The normalized spacial score (nSPS) is 18.7. The zero-order valence-electron chi connectivity index (χ0n) is 17.3. The van der Waals surface area contributed by atoms with Crippen molar-refractivity contribution in [3.63, 3.8) is 0 Å². The van der Waals surface area contributed by atoms with Crippen molar-refractivity contribution in [2.24, 2.45) is 7.05 Å². The van der Waals surface area contributed by atoms with Gasteiger partial charge in [0.25, 0.3) is 11.5 Å². The Balaban J connectivity index is 2.16. The zero-order chi connectivity index (χ0) is 21.3. The molecule has 1 aliphatic heterocycles. The summed E-state index contributed by atoms with van der Waals surface area (Å²) in [5.74, 6) is 0.659. The SMILES string of the molecule is CCN(CC)c1c(/C=C2\SC(=S)N(C3CCCC3)C2=O)c(C)c(C#N)c(=O)n1C. The fourth-order valence-electron chi connectivity index (χ4n) is 4.21. The lowest BCUT2D eigenvalue weighted by atomic mass is 10.0. The van der Waals surface area contributed by atoms with Gasteiger partial charge in [-0.3, -0.25) is 19.1 Å². The Bertz CT molecular complexity index is 980. The van der Waals surface area contributed by atoms with E-state index in [4.69, 9.17) is 12.2 Å². The van der Waals surface area contributed by atoms with Gasteiger partial charge < -0.3 is 4.90 Å². The number of thiocarbonyl (C=S) groups is 1. The van der Waals surface area contributed by atoms with E-state index in [2.05, 4.69) is 4.90 Å². The van der Waals surface area contributed by atoms with Crippen LogP contribution in [0.1, 0.15) is 56.2 Å².